The topological polar surface area (TPSA) is 66.8 Å². The summed E-state index contributed by atoms with van der Waals surface area (Å²) in [7, 11) is 0. The average Bonchev–Trinajstić information content (AvgIpc) is 3.28. The van der Waals surface area contributed by atoms with E-state index in [1.54, 1.807) is 6.07 Å². The van der Waals surface area contributed by atoms with Crippen LogP contribution in [-0.4, -0.2) is 47.3 Å². The summed E-state index contributed by atoms with van der Waals surface area (Å²) >= 11 is 0. The van der Waals surface area contributed by atoms with Crippen LogP contribution < -0.4 is 4.74 Å². The molecule has 2 aromatic rings. The molecule has 0 radical (unpaired) electrons. The number of fused-ring (bicyclic) bond motifs is 3. The Morgan fingerprint density at radius 3 is 2.30 bits per heavy atom. The van der Waals surface area contributed by atoms with Gasteiger partial charge in [-0.2, -0.15) is 13.2 Å². The van der Waals surface area contributed by atoms with E-state index >= 15 is 0 Å². The number of nitrogens with zero attached hydrogens (tertiary/aromatic N) is 1. The second-order valence-corrected chi connectivity index (χ2v) is 12.3. The summed E-state index contributed by atoms with van der Waals surface area (Å²) in [5.41, 5.74) is -2.57. The van der Waals surface area contributed by atoms with Gasteiger partial charge in [0, 0.05) is 28.5 Å². The molecule has 1 saturated heterocycles. The number of carbonyl (C=O) groups excluding carboxylic acids is 1. The number of likely N-dealkylation sites (tertiary alicyclic amines) is 1. The lowest BCUT2D eigenvalue weighted by atomic mass is 9.67. The molecule has 2 aliphatic heterocycles. The van der Waals surface area contributed by atoms with Gasteiger partial charge in [-0.1, -0.05) is 48.9 Å². The van der Waals surface area contributed by atoms with Gasteiger partial charge in [0.1, 0.15) is 12.4 Å². The zero-order valence-corrected chi connectivity index (χ0v) is 23.0. The first-order valence-corrected chi connectivity index (χ1v) is 13.8. The maximum absolute atomic E-state index is 14.9. The van der Waals surface area contributed by atoms with E-state index < -0.39 is 40.1 Å². The fraction of sp³-hybridized carbons (Fsp3) is 0.548. The first kappa shape index (κ1) is 28.4. The number of amides is 1. The predicted molar refractivity (Wildman–Crippen MR) is 141 cm³/mol. The molecular formula is C31H35F4NO4. The van der Waals surface area contributed by atoms with Crippen molar-refractivity contribution >= 4 is 11.9 Å². The molecule has 1 saturated carbocycles. The summed E-state index contributed by atoms with van der Waals surface area (Å²) in [4.78, 5) is 27.4. The number of hydrogen-bond donors (Lipinski definition) is 1. The standard InChI is InChI=1S/C31H35F4NO4/c1-19-4-6-20(7-5-19)17-30-14-15-36(27(39)28(2)12-10-21(11-13-28)26(37)38)25(30)18-40-24-16-22(8-9-23(24)30)29(3,32)31(33,34)35/h4-9,16,21,25H,10-15,17-18H2,1-3H3,(H,37,38)/t21-,25?,28-,29?,30?. The van der Waals surface area contributed by atoms with Gasteiger partial charge in [-0.3, -0.25) is 9.59 Å². The number of aliphatic carboxylic acids is 1. The van der Waals surface area contributed by atoms with Crippen molar-refractivity contribution in [2.24, 2.45) is 11.3 Å². The Morgan fingerprint density at radius 1 is 1.05 bits per heavy atom. The van der Waals surface area contributed by atoms with E-state index in [-0.39, 0.29) is 24.3 Å². The maximum atomic E-state index is 14.9. The van der Waals surface area contributed by atoms with Crippen molar-refractivity contribution < 1.29 is 37.0 Å². The van der Waals surface area contributed by atoms with E-state index in [1.807, 2.05) is 43.0 Å². The normalized spacial score (nSPS) is 29.6. The van der Waals surface area contributed by atoms with Crippen LogP contribution in [0.5, 0.6) is 5.75 Å². The lowest BCUT2D eigenvalue weighted by Crippen LogP contribution is -2.55. The minimum atomic E-state index is -5.08. The number of benzene rings is 2. The molecule has 1 aliphatic carbocycles. The lowest BCUT2D eigenvalue weighted by Gasteiger charge is -2.45. The quantitative estimate of drug-likeness (QED) is 0.424. The minimum Gasteiger partial charge on any atom is -0.491 e. The van der Waals surface area contributed by atoms with Crippen molar-refractivity contribution in [3.63, 3.8) is 0 Å². The second-order valence-electron chi connectivity index (χ2n) is 12.3. The Balaban J connectivity index is 1.52. The molecule has 9 heteroatoms. The third-order valence-electron chi connectivity index (χ3n) is 9.66. The van der Waals surface area contributed by atoms with E-state index in [9.17, 15) is 32.3 Å². The van der Waals surface area contributed by atoms with Crippen LogP contribution in [0.25, 0.3) is 0 Å². The minimum absolute atomic E-state index is 0.0378. The number of aryl methyl sites for hydroxylation is 1. The van der Waals surface area contributed by atoms with E-state index in [2.05, 4.69) is 0 Å². The zero-order chi connectivity index (χ0) is 29.1. The third kappa shape index (κ3) is 4.65. The van der Waals surface area contributed by atoms with Crippen molar-refractivity contribution in [2.75, 3.05) is 13.2 Å². The van der Waals surface area contributed by atoms with Crippen molar-refractivity contribution in [3.8, 4) is 5.75 Å². The molecule has 3 unspecified atom stereocenters. The number of carboxylic acids is 1. The Kier molecular flexibility index (Phi) is 6.94. The van der Waals surface area contributed by atoms with Crippen LogP contribution in [0, 0.1) is 18.3 Å². The fourth-order valence-electron chi connectivity index (χ4n) is 6.86. The molecule has 3 atom stereocenters. The summed E-state index contributed by atoms with van der Waals surface area (Å²) in [6, 6.07) is 11.6. The Morgan fingerprint density at radius 2 is 1.70 bits per heavy atom. The molecule has 2 aromatic carbocycles. The smallest absolute Gasteiger partial charge is 0.426 e. The summed E-state index contributed by atoms with van der Waals surface area (Å²) in [6.45, 7) is 4.92. The highest BCUT2D eigenvalue weighted by molar-refractivity contribution is 5.84. The van der Waals surface area contributed by atoms with E-state index in [1.165, 1.54) is 6.07 Å². The lowest BCUT2D eigenvalue weighted by molar-refractivity contribution is -0.228. The molecule has 1 N–H and O–H groups in total. The number of carboxylic acid groups (broad SMARTS) is 1. The van der Waals surface area contributed by atoms with Crippen LogP contribution in [0.2, 0.25) is 0 Å². The van der Waals surface area contributed by atoms with Gasteiger partial charge in [-0.15, -0.1) is 0 Å². The molecule has 0 aromatic heterocycles. The van der Waals surface area contributed by atoms with E-state index in [0.29, 0.717) is 57.6 Å². The highest BCUT2D eigenvalue weighted by atomic mass is 19.4. The maximum Gasteiger partial charge on any atom is 0.426 e. The number of rotatable bonds is 5. The van der Waals surface area contributed by atoms with Crippen LogP contribution in [0.4, 0.5) is 17.6 Å². The van der Waals surface area contributed by atoms with Gasteiger partial charge < -0.3 is 14.7 Å². The van der Waals surface area contributed by atoms with Gasteiger partial charge >= 0.3 is 12.1 Å². The van der Waals surface area contributed by atoms with Crippen molar-refractivity contribution in [1.29, 1.82) is 0 Å². The van der Waals surface area contributed by atoms with Gasteiger partial charge in [0.2, 0.25) is 11.6 Å². The first-order valence-electron chi connectivity index (χ1n) is 13.8. The number of ether oxygens (including phenoxy) is 1. The van der Waals surface area contributed by atoms with Gasteiger partial charge in [0.15, 0.2) is 0 Å². The summed E-state index contributed by atoms with van der Waals surface area (Å²) in [5.74, 6) is -1.10. The molecule has 5 nitrogen and oxygen atoms in total. The summed E-state index contributed by atoms with van der Waals surface area (Å²) in [5, 5.41) is 9.41. The van der Waals surface area contributed by atoms with Gasteiger partial charge in [0.25, 0.3) is 0 Å². The fourth-order valence-corrected chi connectivity index (χ4v) is 6.86. The molecule has 40 heavy (non-hydrogen) atoms. The molecule has 2 fully saturated rings. The molecular weight excluding hydrogens is 526 g/mol. The summed E-state index contributed by atoms with van der Waals surface area (Å²) < 4.78 is 61.4. The molecule has 2 heterocycles. The molecule has 0 spiro atoms. The van der Waals surface area contributed by atoms with E-state index in [0.717, 1.165) is 17.2 Å². The van der Waals surface area contributed by atoms with Gasteiger partial charge in [0.05, 0.1) is 12.0 Å². The van der Waals surface area contributed by atoms with Crippen LogP contribution in [0.1, 0.15) is 68.2 Å². The SMILES string of the molecule is Cc1ccc(CC23CCN(C(=O)[C@]4(C)CC[C@@H](C(=O)O)CC4)C2COc2cc(C(C)(F)C(F)(F)F)ccc23)cc1. The molecule has 1 amide bonds. The van der Waals surface area contributed by atoms with Crippen LogP contribution >= 0.6 is 0 Å². The van der Waals surface area contributed by atoms with Crippen LogP contribution in [-0.2, 0) is 27.1 Å². The van der Waals surface area contributed by atoms with Gasteiger partial charge in [-0.25, -0.2) is 4.39 Å². The second kappa shape index (κ2) is 9.77. The molecule has 5 rings (SSSR count). The predicted octanol–water partition coefficient (Wildman–Crippen LogP) is 6.50. The van der Waals surface area contributed by atoms with Crippen LogP contribution in [0.15, 0.2) is 42.5 Å². The van der Waals surface area contributed by atoms with Gasteiger partial charge in [-0.05, 0) is 64.0 Å². The number of carbonyl (C=O) groups is 2. The Bertz CT molecular complexity index is 1300. The number of hydrogen-bond acceptors (Lipinski definition) is 3. The van der Waals surface area contributed by atoms with Crippen molar-refractivity contribution in [1.82, 2.24) is 4.90 Å². The Labute approximate surface area is 231 Å². The number of halogens is 4. The Hall–Kier alpha value is -3.10. The highest BCUT2D eigenvalue weighted by Gasteiger charge is 2.57. The number of alkyl halides is 4. The van der Waals surface area contributed by atoms with Crippen molar-refractivity contribution in [3.05, 3.63) is 64.7 Å². The summed E-state index contributed by atoms with van der Waals surface area (Å²) in [6.07, 6.45) is -2.13. The molecule has 3 aliphatic rings. The molecule has 216 valence electrons. The zero-order valence-electron chi connectivity index (χ0n) is 23.0. The van der Waals surface area contributed by atoms with Crippen LogP contribution in [0.3, 0.4) is 0 Å². The highest BCUT2D eigenvalue weighted by Crippen LogP contribution is 2.53. The van der Waals surface area contributed by atoms with E-state index in [4.69, 9.17) is 4.74 Å². The third-order valence-corrected chi connectivity index (χ3v) is 9.66. The monoisotopic (exact) mass is 561 g/mol. The van der Waals surface area contributed by atoms with Crippen molar-refractivity contribution in [2.45, 2.75) is 82.6 Å². The molecule has 0 bridgehead atoms. The largest absolute Gasteiger partial charge is 0.491 e. The average molecular weight is 562 g/mol. The first-order chi connectivity index (χ1) is 18.7.